The molecule has 0 N–H and O–H groups in total. The number of aryl methyl sites for hydroxylation is 2. The maximum atomic E-state index is 11.9. The van der Waals surface area contributed by atoms with Crippen molar-refractivity contribution in [2.24, 2.45) is 4.99 Å². The van der Waals surface area contributed by atoms with Crippen LogP contribution in [0, 0.1) is 13.8 Å². The number of thioether (sulfide) groups is 1. The quantitative estimate of drug-likeness (QED) is 0.809. The molecule has 2 aromatic rings. The third-order valence-corrected chi connectivity index (χ3v) is 8.18. The van der Waals surface area contributed by atoms with Crippen molar-refractivity contribution in [2.75, 3.05) is 16.4 Å². The van der Waals surface area contributed by atoms with E-state index in [1.807, 2.05) is 18.2 Å². The van der Waals surface area contributed by atoms with Crippen LogP contribution in [0.15, 0.2) is 53.5 Å². The topological polar surface area (TPSA) is 49.7 Å². The van der Waals surface area contributed by atoms with E-state index in [2.05, 4.69) is 49.1 Å². The van der Waals surface area contributed by atoms with Gasteiger partial charge in [-0.2, -0.15) is 0 Å². The second-order valence-corrected chi connectivity index (χ2v) is 10.4. The third-order valence-electron chi connectivity index (χ3n) is 4.94. The van der Waals surface area contributed by atoms with Gasteiger partial charge in [0, 0.05) is 10.9 Å². The largest absolute Gasteiger partial charge is 0.317 e. The Balaban J connectivity index is 1.68. The molecular weight excluding hydrogens is 364 g/mol. The molecule has 0 unspecified atom stereocenters. The zero-order chi connectivity index (χ0) is 18.3. The first-order chi connectivity index (χ1) is 12.4. The summed E-state index contributed by atoms with van der Waals surface area (Å²) in [5, 5.41) is 0.988. The van der Waals surface area contributed by atoms with Crippen LogP contribution in [0.3, 0.4) is 0 Å². The molecule has 0 aliphatic carbocycles. The van der Waals surface area contributed by atoms with Crippen molar-refractivity contribution in [1.82, 2.24) is 0 Å². The Hall–Kier alpha value is -1.79. The summed E-state index contributed by atoms with van der Waals surface area (Å²) in [6, 6.07) is 16.6. The molecule has 2 aliphatic rings. The predicted molar refractivity (Wildman–Crippen MR) is 110 cm³/mol. The van der Waals surface area contributed by atoms with Crippen molar-refractivity contribution in [3.63, 3.8) is 0 Å². The molecule has 26 heavy (non-hydrogen) atoms. The molecule has 4 rings (SSSR count). The van der Waals surface area contributed by atoms with Gasteiger partial charge in [-0.1, -0.05) is 53.7 Å². The zero-order valence-corrected chi connectivity index (χ0v) is 16.6. The molecular formula is C20H22N2O2S2. The first-order valence-electron chi connectivity index (χ1n) is 8.75. The maximum Gasteiger partial charge on any atom is 0.164 e. The van der Waals surface area contributed by atoms with Crippen LogP contribution < -0.4 is 4.90 Å². The van der Waals surface area contributed by atoms with Gasteiger partial charge in [0.25, 0.3) is 0 Å². The Morgan fingerprint density at radius 3 is 2.62 bits per heavy atom. The van der Waals surface area contributed by atoms with E-state index in [1.165, 1.54) is 16.7 Å². The summed E-state index contributed by atoms with van der Waals surface area (Å²) in [6.07, 6.45) is 0. The second kappa shape index (κ2) is 6.74. The number of hydrogen-bond donors (Lipinski definition) is 0. The lowest BCUT2D eigenvalue weighted by atomic mass is 10.1. The van der Waals surface area contributed by atoms with Crippen molar-refractivity contribution >= 4 is 32.5 Å². The van der Waals surface area contributed by atoms with E-state index in [-0.39, 0.29) is 22.8 Å². The molecule has 2 heterocycles. The fraction of sp³-hybridized carbons (Fsp3) is 0.350. The fourth-order valence-electron chi connectivity index (χ4n) is 3.49. The number of sulfone groups is 1. The smallest absolute Gasteiger partial charge is 0.164 e. The molecule has 2 atom stereocenters. The number of aliphatic imine (C=N–C) groups is 1. The van der Waals surface area contributed by atoms with Gasteiger partial charge < -0.3 is 4.90 Å². The average molecular weight is 387 g/mol. The van der Waals surface area contributed by atoms with Crippen LogP contribution in [0.1, 0.15) is 16.7 Å². The number of para-hydroxylation sites is 1. The Labute approximate surface area is 159 Å². The van der Waals surface area contributed by atoms with Crippen LogP contribution >= 0.6 is 11.8 Å². The fourth-order valence-corrected chi connectivity index (χ4v) is 7.27. The number of anilines is 1. The standard InChI is InChI=1S/C20H22N2O2S2/c1-14-8-9-15(2)16(10-14)11-22(17-6-4-3-5-7-17)20-21-18-12-26(23,24)13-19(18)25-20/h3-10,18-19H,11-13H2,1-2H3/t18-,19+/m0/s1. The molecule has 2 aromatic carbocycles. The van der Waals surface area contributed by atoms with Crippen LogP contribution in [0.25, 0.3) is 0 Å². The number of amidine groups is 1. The van der Waals surface area contributed by atoms with Crippen LogP contribution in [0.2, 0.25) is 0 Å². The SMILES string of the molecule is Cc1ccc(C)c(CN(C2=N[C@H]3CS(=O)(=O)C[C@H]3S2)c2ccccc2)c1. The molecule has 0 aromatic heterocycles. The van der Waals surface area contributed by atoms with Crippen molar-refractivity contribution < 1.29 is 8.42 Å². The predicted octanol–water partition coefficient (Wildman–Crippen LogP) is 3.58. The minimum atomic E-state index is -2.94. The maximum absolute atomic E-state index is 11.9. The Kier molecular flexibility index (Phi) is 4.57. The summed E-state index contributed by atoms with van der Waals surface area (Å²) < 4.78 is 23.7. The molecule has 0 radical (unpaired) electrons. The van der Waals surface area contributed by atoms with E-state index in [1.54, 1.807) is 11.8 Å². The molecule has 2 aliphatic heterocycles. The molecule has 1 saturated heterocycles. The van der Waals surface area contributed by atoms with E-state index < -0.39 is 9.84 Å². The molecule has 0 spiro atoms. The molecule has 4 nitrogen and oxygen atoms in total. The second-order valence-electron chi connectivity index (χ2n) is 7.06. The zero-order valence-electron chi connectivity index (χ0n) is 14.9. The third kappa shape index (κ3) is 3.53. The van der Waals surface area contributed by atoms with Gasteiger partial charge in [0.2, 0.25) is 0 Å². The minimum Gasteiger partial charge on any atom is -0.317 e. The normalized spacial score (nSPS) is 23.5. The van der Waals surface area contributed by atoms with E-state index in [4.69, 9.17) is 4.99 Å². The lowest BCUT2D eigenvalue weighted by Crippen LogP contribution is -2.28. The summed E-state index contributed by atoms with van der Waals surface area (Å²) >= 11 is 1.61. The summed E-state index contributed by atoms with van der Waals surface area (Å²) in [6.45, 7) is 4.96. The van der Waals surface area contributed by atoms with Gasteiger partial charge in [0.15, 0.2) is 15.0 Å². The molecule has 0 amide bonds. The highest BCUT2D eigenvalue weighted by molar-refractivity contribution is 8.15. The van der Waals surface area contributed by atoms with Gasteiger partial charge in [0.05, 0.1) is 24.1 Å². The van der Waals surface area contributed by atoms with E-state index in [9.17, 15) is 8.42 Å². The van der Waals surface area contributed by atoms with Crippen LogP contribution in [0.5, 0.6) is 0 Å². The van der Waals surface area contributed by atoms with Crippen molar-refractivity contribution in [3.05, 3.63) is 65.2 Å². The summed E-state index contributed by atoms with van der Waals surface area (Å²) in [4.78, 5) is 7.02. The number of hydrogen-bond acceptors (Lipinski definition) is 5. The Bertz CT molecular complexity index is 955. The van der Waals surface area contributed by atoms with Gasteiger partial charge >= 0.3 is 0 Å². The van der Waals surface area contributed by atoms with Crippen LogP contribution in [0.4, 0.5) is 5.69 Å². The monoisotopic (exact) mass is 386 g/mol. The first-order valence-corrected chi connectivity index (χ1v) is 11.4. The number of benzene rings is 2. The van der Waals surface area contributed by atoms with Gasteiger partial charge in [-0.05, 0) is 37.1 Å². The van der Waals surface area contributed by atoms with Gasteiger partial charge in [-0.3, -0.25) is 4.99 Å². The number of fused-ring (bicyclic) bond motifs is 1. The van der Waals surface area contributed by atoms with Crippen LogP contribution in [-0.2, 0) is 16.4 Å². The average Bonchev–Trinajstić information content (AvgIpc) is 3.09. The van der Waals surface area contributed by atoms with E-state index in [0.29, 0.717) is 0 Å². The van der Waals surface area contributed by atoms with Gasteiger partial charge in [0.1, 0.15) is 0 Å². The molecule has 0 bridgehead atoms. The molecule has 6 heteroatoms. The Morgan fingerprint density at radius 2 is 1.88 bits per heavy atom. The number of rotatable bonds is 3. The van der Waals surface area contributed by atoms with Crippen LogP contribution in [-0.4, -0.2) is 36.4 Å². The minimum absolute atomic E-state index is 0.0554. The number of nitrogens with zero attached hydrogens (tertiary/aromatic N) is 2. The summed E-state index contributed by atoms with van der Waals surface area (Å²) in [5.41, 5.74) is 4.84. The molecule has 1 fully saturated rings. The van der Waals surface area contributed by atoms with Crippen molar-refractivity contribution in [1.29, 1.82) is 0 Å². The highest BCUT2D eigenvalue weighted by Crippen LogP contribution is 2.37. The summed E-state index contributed by atoms with van der Waals surface area (Å²) in [7, 11) is -2.94. The van der Waals surface area contributed by atoms with E-state index >= 15 is 0 Å². The first kappa shape index (κ1) is 17.6. The summed E-state index contributed by atoms with van der Waals surface area (Å²) in [5.74, 6) is 0.418. The van der Waals surface area contributed by atoms with Crippen molar-refractivity contribution in [2.45, 2.75) is 31.7 Å². The highest BCUT2D eigenvalue weighted by atomic mass is 32.2. The molecule has 0 saturated carbocycles. The lowest BCUT2D eigenvalue weighted by molar-refractivity contribution is 0.601. The Morgan fingerprint density at radius 1 is 1.12 bits per heavy atom. The lowest BCUT2D eigenvalue weighted by Gasteiger charge is -2.25. The molecule has 136 valence electrons. The highest BCUT2D eigenvalue weighted by Gasteiger charge is 2.44. The van der Waals surface area contributed by atoms with Gasteiger partial charge in [-0.25, -0.2) is 8.42 Å². The van der Waals surface area contributed by atoms with Gasteiger partial charge in [-0.15, -0.1) is 0 Å². The van der Waals surface area contributed by atoms with Crippen molar-refractivity contribution in [3.8, 4) is 0 Å². The van der Waals surface area contributed by atoms with E-state index in [0.717, 1.165) is 17.4 Å².